The van der Waals surface area contributed by atoms with Crippen molar-refractivity contribution in [3.63, 3.8) is 0 Å². The molecule has 0 bridgehead atoms. The van der Waals surface area contributed by atoms with E-state index in [1.165, 1.54) is 11.1 Å². The summed E-state index contributed by atoms with van der Waals surface area (Å²) >= 11 is 0. The van der Waals surface area contributed by atoms with Gasteiger partial charge in [0.15, 0.2) is 16.9 Å². The van der Waals surface area contributed by atoms with Crippen molar-refractivity contribution < 1.29 is 19.0 Å². The third-order valence-electron chi connectivity index (χ3n) is 7.98. The van der Waals surface area contributed by atoms with E-state index in [1.54, 1.807) is 57.7 Å². The molecule has 5 aromatic rings. The van der Waals surface area contributed by atoms with E-state index in [9.17, 15) is 9.59 Å². The van der Waals surface area contributed by atoms with Gasteiger partial charge in [0, 0.05) is 23.0 Å². The van der Waals surface area contributed by atoms with Gasteiger partial charge in [-0.25, -0.2) is 0 Å². The van der Waals surface area contributed by atoms with E-state index in [0.29, 0.717) is 38.8 Å². The number of hydrogen-bond donors (Lipinski definition) is 2. The molecule has 8 nitrogen and oxygen atoms in total. The number of anilines is 1. The first-order chi connectivity index (χ1) is 21.4. The largest absolute Gasteiger partial charge is 0.497 e. The lowest BCUT2D eigenvalue weighted by Gasteiger charge is -2.17. The number of benzene rings is 4. The molecule has 1 aromatic heterocycles. The van der Waals surface area contributed by atoms with Crippen LogP contribution in [0.2, 0.25) is 0 Å². The molecule has 0 aliphatic heterocycles. The number of nitrogens with one attached hydrogen (secondary N) is 2. The zero-order valence-electron chi connectivity index (χ0n) is 25.7. The van der Waals surface area contributed by atoms with Gasteiger partial charge in [0.25, 0.3) is 5.91 Å². The Kier molecular flexibility index (Phi) is 9.82. The summed E-state index contributed by atoms with van der Waals surface area (Å²) in [7, 11) is 7.03. The van der Waals surface area contributed by atoms with Crippen LogP contribution in [0.5, 0.6) is 17.2 Å². The van der Waals surface area contributed by atoms with Crippen LogP contribution in [-0.4, -0.2) is 57.3 Å². The van der Waals surface area contributed by atoms with Crippen LogP contribution in [0.4, 0.5) is 5.69 Å². The average Bonchev–Trinajstić information content (AvgIpc) is 3.06. The number of nitrogens with zero attached hydrogens (tertiary/aromatic N) is 1. The fraction of sp³-hybridized carbons (Fsp3) is 0.278. The maximum absolute atomic E-state index is 13.3. The normalized spacial score (nSPS) is 11.2. The summed E-state index contributed by atoms with van der Waals surface area (Å²) in [5, 5.41) is 3.96. The Morgan fingerprint density at radius 3 is 2.30 bits per heavy atom. The van der Waals surface area contributed by atoms with E-state index >= 15 is 0 Å². The van der Waals surface area contributed by atoms with Crippen LogP contribution in [0.3, 0.4) is 0 Å². The number of amides is 1. The molecule has 0 spiro atoms. The Bertz CT molecular complexity index is 1810. The smallest absolute Gasteiger partial charge is 0.257 e. The topological polar surface area (TPSA) is 92.9 Å². The number of methoxy groups -OCH3 is 3. The summed E-state index contributed by atoms with van der Waals surface area (Å²) < 4.78 is 16.0. The fourth-order valence-electron chi connectivity index (χ4n) is 5.42. The summed E-state index contributed by atoms with van der Waals surface area (Å²) in [6.45, 7) is 2.00. The first-order valence-corrected chi connectivity index (χ1v) is 14.8. The van der Waals surface area contributed by atoms with Crippen LogP contribution in [0, 0.1) is 0 Å². The van der Waals surface area contributed by atoms with E-state index in [2.05, 4.69) is 40.4 Å². The molecule has 4 aromatic carbocycles. The summed E-state index contributed by atoms with van der Waals surface area (Å²) in [6.07, 6.45) is 4.10. The van der Waals surface area contributed by atoms with Gasteiger partial charge in [-0.05, 0) is 105 Å². The summed E-state index contributed by atoms with van der Waals surface area (Å²) in [4.78, 5) is 32.1. The molecule has 1 heterocycles. The number of H-pyrrole nitrogens is 1. The number of aromatic amines is 1. The quantitative estimate of drug-likeness (QED) is 0.120. The Balaban J connectivity index is 1.13. The van der Waals surface area contributed by atoms with Gasteiger partial charge in [0.1, 0.15) is 5.75 Å². The second-order valence-corrected chi connectivity index (χ2v) is 10.9. The number of carbonyl (C=O) groups is 1. The number of likely N-dealkylation sites (N-methyl/N-ethyl adjacent to an activating group) is 1. The Morgan fingerprint density at radius 2 is 1.55 bits per heavy atom. The molecule has 0 unspecified atom stereocenters. The Hall–Kier alpha value is -4.82. The van der Waals surface area contributed by atoms with E-state index in [1.807, 2.05) is 24.3 Å². The van der Waals surface area contributed by atoms with Gasteiger partial charge in [-0.2, -0.15) is 0 Å². The monoisotopic (exact) mass is 593 g/mol. The average molecular weight is 594 g/mol. The van der Waals surface area contributed by atoms with E-state index in [-0.39, 0.29) is 11.3 Å². The summed E-state index contributed by atoms with van der Waals surface area (Å²) in [5.74, 6) is 1.84. The van der Waals surface area contributed by atoms with Crippen molar-refractivity contribution in [2.45, 2.75) is 25.7 Å². The minimum atomic E-state index is -0.275. The molecular weight excluding hydrogens is 554 g/mol. The minimum Gasteiger partial charge on any atom is -0.497 e. The number of aromatic nitrogens is 1. The van der Waals surface area contributed by atoms with Crippen LogP contribution in [0.1, 0.15) is 34.3 Å². The van der Waals surface area contributed by atoms with Crippen molar-refractivity contribution in [2.75, 3.05) is 46.8 Å². The predicted molar refractivity (Wildman–Crippen MR) is 177 cm³/mol. The molecule has 0 saturated carbocycles. The number of pyridine rings is 1. The zero-order chi connectivity index (χ0) is 31.1. The maximum atomic E-state index is 13.3. The summed E-state index contributed by atoms with van der Waals surface area (Å²) in [6, 6.07) is 24.5. The molecule has 44 heavy (non-hydrogen) atoms. The van der Waals surface area contributed by atoms with E-state index in [0.717, 1.165) is 50.3 Å². The van der Waals surface area contributed by atoms with Crippen molar-refractivity contribution in [3.8, 4) is 17.2 Å². The minimum absolute atomic E-state index is 0.143. The Morgan fingerprint density at radius 1 is 0.773 bits per heavy atom. The lowest BCUT2D eigenvalue weighted by Crippen LogP contribution is -2.22. The molecule has 1 amide bonds. The number of carbonyl (C=O) groups excluding carboxylic acids is 1. The highest BCUT2D eigenvalue weighted by Crippen LogP contribution is 2.28. The molecule has 0 aliphatic rings. The fourth-order valence-corrected chi connectivity index (χ4v) is 5.42. The standard InChI is InChI=1S/C36H39N3O5/c1-39(21-19-25-13-18-32(43-3)33(22-25)44-4)20-6-5-8-24-11-14-26(15-12-24)37-36(41)29-10-7-9-28-34(29)38-31-17-16-27(42-2)23-30(31)35(28)40/h7,9-18,22-23H,5-6,8,19-21H2,1-4H3,(H,37,41)(H,38,40). The number of ether oxygens (including phenoxy) is 3. The second-order valence-electron chi connectivity index (χ2n) is 10.9. The van der Waals surface area contributed by atoms with E-state index in [4.69, 9.17) is 14.2 Å². The third kappa shape index (κ3) is 7.03. The van der Waals surface area contributed by atoms with Gasteiger partial charge in [-0.15, -0.1) is 0 Å². The zero-order valence-corrected chi connectivity index (χ0v) is 25.7. The molecule has 8 heteroatoms. The number of para-hydroxylation sites is 1. The van der Waals surface area contributed by atoms with Crippen molar-refractivity contribution in [1.82, 2.24) is 9.88 Å². The number of rotatable bonds is 13. The lowest BCUT2D eigenvalue weighted by atomic mass is 10.0. The predicted octanol–water partition coefficient (Wildman–Crippen LogP) is 6.46. The first kappa shape index (κ1) is 30.6. The van der Waals surface area contributed by atoms with Crippen LogP contribution in [0.15, 0.2) is 83.7 Å². The number of unbranched alkanes of at least 4 members (excludes halogenated alkanes) is 1. The van der Waals surface area contributed by atoms with E-state index < -0.39 is 0 Å². The Labute approximate surface area is 257 Å². The summed E-state index contributed by atoms with van der Waals surface area (Å²) in [5.41, 5.74) is 4.60. The van der Waals surface area contributed by atoms with Crippen molar-refractivity contribution in [1.29, 1.82) is 0 Å². The van der Waals surface area contributed by atoms with Gasteiger partial charge in [-0.1, -0.05) is 24.3 Å². The first-order valence-electron chi connectivity index (χ1n) is 14.8. The number of hydrogen-bond acceptors (Lipinski definition) is 6. The maximum Gasteiger partial charge on any atom is 0.257 e. The second kappa shape index (κ2) is 14.1. The molecule has 5 rings (SSSR count). The van der Waals surface area contributed by atoms with Gasteiger partial charge in [-0.3, -0.25) is 9.59 Å². The SMILES string of the molecule is COc1ccc2[nH]c3c(C(=O)Nc4ccc(CCCCN(C)CCc5ccc(OC)c(OC)c5)cc4)cccc3c(=O)c2c1. The van der Waals surface area contributed by atoms with Gasteiger partial charge < -0.3 is 29.4 Å². The van der Waals surface area contributed by atoms with Gasteiger partial charge in [0.05, 0.1) is 37.9 Å². The van der Waals surface area contributed by atoms with Crippen molar-refractivity contribution >= 4 is 33.4 Å². The van der Waals surface area contributed by atoms with Crippen molar-refractivity contribution in [2.24, 2.45) is 0 Å². The molecule has 0 saturated heterocycles. The van der Waals surface area contributed by atoms with Crippen LogP contribution < -0.4 is 25.0 Å². The molecule has 0 atom stereocenters. The molecule has 0 fully saturated rings. The van der Waals surface area contributed by atoms with Gasteiger partial charge >= 0.3 is 0 Å². The third-order valence-corrected chi connectivity index (χ3v) is 7.98. The van der Waals surface area contributed by atoms with Crippen molar-refractivity contribution in [3.05, 3.63) is 106 Å². The van der Waals surface area contributed by atoms with Crippen LogP contribution >= 0.6 is 0 Å². The molecule has 0 aliphatic carbocycles. The molecular formula is C36H39N3O5. The molecule has 2 N–H and O–H groups in total. The number of fused-ring (bicyclic) bond motifs is 2. The molecule has 228 valence electrons. The van der Waals surface area contributed by atoms with Crippen LogP contribution in [-0.2, 0) is 12.8 Å². The van der Waals surface area contributed by atoms with Crippen LogP contribution in [0.25, 0.3) is 21.8 Å². The number of aryl methyl sites for hydroxylation is 1. The highest BCUT2D eigenvalue weighted by Gasteiger charge is 2.15. The highest BCUT2D eigenvalue weighted by molar-refractivity contribution is 6.13. The lowest BCUT2D eigenvalue weighted by molar-refractivity contribution is 0.102. The highest BCUT2D eigenvalue weighted by atomic mass is 16.5. The van der Waals surface area contributed by atoms with Gasteiger partial charge in [0.2, 0.25) is 0 Å². The molecule has 0 radical (unpaired) electrons.